The van der Waals surface area contributed by atoms with E-state index in [4.69, 9.17) is 0 Å². The van der Waals surface area contributed by atoms with Crippen LogP contribution in [0.3, 0.4) is 0 Å². The van der Waals surface area contributed by atoms with Crippen molar-refractivity contribution >= 4 is 40.2 Å². The second-order valence-corrected chi connectivity index (χ2v) is 7.65. The molecule has 0 amide bonds. The van der Waals surface area contributed by atoms with Crippen molar-refractivity contribution in [1.82, 2.24) is 14.4 Å². The maximum Gasteiger partial charge on any atom is 0.259 e. The lowest BCUT2D eigenvalue weighted by molar-refractivity contribution is 0.778. The van der Waals surface area contributed by atoms with Gasteiger partial charge in [-0.2, -0.15) is 11.8 Å². The van der Waals surface area contributed by atoms with Crippen LogP contribution in [0.15, 0.2) is 40.6 Å². The highest BCUT2D eigenvalue weighted by Crippen LogP contribution is 2.19. The smallest absolute Gasteiger partial charge is 0.259 e. The number of thioether (sulfide) groups is 1. The summed E-state index contributed by atoms with van der Waals surface area (Å²) in [5, 5.41) is 2.04. The van der Waals surface area contributed by atoms with E-state index in [-0.39, 0.29) is 5.56 Å². The van der Waals surface area contributed by atoms with Crippen LogP contribution < -0.4 is 5.56 Å². The molecule has 0 unspecified atom stereocenters. The Kier molecular flexibility index (Phi) is 6.42. The number of pyridine rings is 1. The molecule has 0 spiro atoms. The summed E-state index contributed by atoms with van der Waals surface area (Å²) >= 11 is 3.40. The topological polar surface area (TPSA) is 47.3 Å². The molecule has 6 heteroatoms. The maximum absolute atomic E-state index is 12.5. The molecule has 0 radical (unpaired) electrons. The van der Waals surface area contributed by atoms with Gasteiger partial charge in [-0.3, -0.25) is 14.2 Å². The molecule has 0 aliphatic carbocycles. The summed E-state index contributed by atoms with van der Waals surface area (Å²) in [5.41, 5.74) is 2.54. The van der Waals surface area contributed by atoms with Crippen LogP contribution in [0, 0.1) is 0 Å². The Morgan fingerprint density at radius 2 is 2.12 bits per heavy atom. The van der Waals surface area contributed by atoms with Gasteiger partial charge in [-0.25, -0.2) is 4.98 Å². The second-order valence-electron chi connectivity index (χ2n) is 5.71. The van der Waals surface area contributed by atoms with Gasteiger partial charge in [0.05, 0.1) is 11.4 Å². The number of hydrogen-bond acceptors (Lipinski definition) is 5. The molecule has 0 fully saturated rings. The molecule has 130 valence electrons. The Morgan fingerprint density at radius 3 is 2.92 bits per heavy atom. The first kappa shape index (κ1) is 17.9. The Labute approximate surface area is 155 Å². The third-order valence-electron chi connectivity index (χ3n) is 3.75. The predicted molar refractivity (Wildman–Crippen MR) is 108 cm³/mol. The van der Waals surface area contributed by atoms with Gasteiger partial charge in [0.15, 0.2) is 4.96 Å². The van der Waals surface area contributed by atoms with Crippen molar-refractivity contribution < 1.29 is 0 Å². The zero-order valence-corrected chi connectivity index (χ0v) is 15.9. The van der Waals surface area contributed by atoms with Gasteiger partial charge in [-0.1, -0.05) is 25.8 Å². The maximum atomic E-state index is 12.5. The minimum Gasteiger partial charge on any atom is -0.269 e. The van der Waals surface area contributed by atoms with Gasteiger partial charge in [0.1, 0.15) is 0 Å². The number of rotatable bonds is 8. The molecule has 3 aromatic rings. The van der Waals surface area contributed by atoms with Crippen LogP contribution in [-0.4, -0.2) is 20.1 Å². The number of aromatic nitrogens is 3. The Bertz CT molecular complexity index is 900. The largest absolute Gasteiger partial charge is 0.269 e. The summed E-state index contributed by atoms with van der Waals surface area (Å²) < 4.78 is 1.73. The molecule has 3 heterocycles. The molecule has 0 N–H and O–H groups in total. The third kappa shape index (κ3) is 4.80. The number of fused-ring (bicyclic) bond motifs is 1. The zero-order chi connectivity index (χ0) is 17.5. The molecular weight excluding hydrogens is 350 g/mol. The lowest BCUT2D eigenvalue weighted by Crippen LogP contribution is -2.15. The first-order chi connectivity index (χ1) is 12.3. The fourth-order valence-corrected chi connectivity index (χ4v) is 4.44. The molecule has 0 aliphatic heterocycles. The van der Waals surface area contributed by atoms with Crippen molar-refractivity contribution in [2.45, 2.75) is 31.9 Å². The highest BCUT2D eigenvalue weighted by molar-refractivity contribution is 7.98. The fourth-order valence-electron chi connectivity index (χ4n) is 2.46. The van der Waals surface area contributed by atoms with Gasteiger partial charge >= 0.3 is 0 Å². The molecule has 0 saturated heterocycles. The molecule has 0 saturated carbocycles. The summed E-state index contributed by atoms with van der Waals surface area (Å²) in [6, 6.07) is 7.31. The van der Waals surface area contributed by atoms with Gasteiger partial charge in [0.25, 0.3) is 5.56 Å². The van der Waals surface area contributed by atoms with E-state index < -0.39 is 0 Å². The van der Waals surface area contributed by atoms with Crippen LogP contribution >= 0.6 is 23.1 Å². The second kappa shape index (κ2) is 8.97. The molecule has 3 aromatic heterocycles. The van der Waals surface area contributed by atoms with Crippen LogP contribution in [-0.2, 0) is 5.75 Å². The van der Waals surface area contributed by atoms with E-state index in [1.54, 1.807) is 16.7 Å². The van der Waals surface area contributed by atoms with Gasteiger partial charge in [-0.15, -0.1) is 11.3 Å². The Hall–Kier alpha value is -1.92. The summed E-state index contributed by atoms with van der Waals surface area (Å²) in [5.74, 6) is 1.99. The summed E-state index contributed by atoms with van der Waals surface area (Å²) in [4.78, 5) is 22.1. The normalized spacial score (nSPS) is 11.6. The Balaban J connectivity index is 1.75. The number of nitrogens with zero attached hydrogens (tertiary/aromatic N) is 3. The summed E-state index contributed by atoms with van der Waals surface area (Å²) in [6.45, 7) is 2.21. The van der Waals surface area contributed by atoms with Crippen molar-refractivity contribution in [2.75, 3.05) is 5.75 Å². The fraction of sp³-hybridized carbons (Fsp3) is 0.316. The lowest BCUT2D eigenvalue weighted by atomic mass is 10.3. The molecule has 3 rings (SSSR count). The van der Waals surface area contributed by atoms with E-state index in [1.165, 1.54) is 30.6 Å². The van der Waals surface area contributed by atoms with Crippen molar-refractivity contribution in [3.63, 3.8) is 0 Å². The first-order valence-electron chi connectivity index (χ1n) is 8.45. The average molecular weight is 372 g/mol. The predicted octanol–water partition coefficient (Wildman–Crippen LogP) is 4.74. The van der Waals surface area contributed by atoms with Crippen LogP contribution in [0.5, 0.6) is 0 Å². The van der Waals surface area contributed by atoms with Gasteiger partial charge in [0.2, 0.25) is 0 Å². The van der Waals surface area contributed by atoms with Gasteiger partial charge < -0.3 is 0 Å². The number of thiazole rings is 1. The van der Waals surface area contributed by atoms with Crippen molar-refractivity contribution in [3.05, 3.63) is 63.3 Å². The molecule has 0 bridgehead atoms. The summed E-state index contributed by atoms with van der Waals surface area (Å²) in [6.07, 6.45) is 9.19. The molecule has 0 atom stereocenters. The van der Waals surface area contributed by atoms with Crippen molar-refractivity contribution in [1.29, 1.82) is 0 Å². The third-order valence-corrected chi connectivity index (χ3v) is 5.70. The average Bonchev–Trinajstić information content (AvgIpc) is 3.04. The van der Waals surface area contributed by atoms with Crippen molar-refractivity contribution in [3.8, 4) is 0 Å². The van der Waals surface area contributed by atoms with Crippen molar-refractivity contribution in [2.24, 2.45) is 0 Å². The molecule has 25 heavy (non-hydrogen) atoms. The van der Waals surface area contributed by atoms with E-state index in [2.05, 4.69) is 16.9 Å². The minimum atomic E-state index is -0.0175. The number of hydrogen-bond donors (Lipinski definition) is 0. The highest BCUT2D eigenvalue weighted by Gasteiger charge is 2.08. The standard InChI is InChI=1S/C19H21N3OS2/c1-2-3-6-11-24-13-17-14-25-19-21-16(12-18(23)22(17)19)9-8-15-7-4-5-10-20-15/h4-5,7-10,12,14H,2-3,6,11,13H2,1H3/b9-8+. The van der Waals surface area contributed by atoms with Gasteiger partial charge in [0, 0.05) is 29.1 Å². The van der Waals surface area contributed by atoms with Crippen LogP contribution in [0.25, 0.3) is 17.1 Å². The molecule has 0 aromatic carbocycles. The van der Waals surface area contributed by atoms with E-state index >= 15 is 0 Å². The summed E-state index contributed by atoms with van der Waals surface area (Å²) in [7, 11) is 0. The van der Waals surface area contributed by atoms with E-state index in [9.17, 15) is 4.79 Å². The van der Waals surface area contributed by atoms with Crippen LogP contribution in [0.1, 0.15) is 43.3 Å². The Morgan fingerprint density at radius 1 is 1.24 bits per heavy atom. The van der Waals surface area contributed by atoms with E-state index in [1.807, 2.05) is 47.5 Å². The van der Waals surface area contributed by atoms with E-state index in [0.29, 0.717) is 5.69 Å². The SMILES string of the molecule is CCCCCSCc1csc2nc(/C=C/c3ccccn3)cc(=O)n12. The van der Waals surface area contributed by atoms with E-state index in [0.717, 1.165) is 27.9 Å². The molecule has 0 aliphatic rings. The highest BCUT2D eigenvalue weighted by atomic mass is 32.2. The molecular formula is C19H21N3OS2. The monoisotopic (exact) mass is 371 g/mol. The quantitative estimate of drug-likeness (QED) is 0.536. The zero-order valence-electron chi connectivity index (χ0n) is 14.2. The number of unbranched alkanes of at least 4 members (excludes halogenated alkanes) is 2. The van der Waals surface area contributed by atoms with Crippen LogP contribution in [0.2, 0.25) is 0 Å². The first-order valence-corrected chi connectivity index (χ1v) is 10.5. The van der Waals surface area contributed by atoms with Crippen LogP contribution in [0.4, 0.5) is 0 Å². The lowest BCUT2D eigenvalue weighted by Gasteiger charge is -2.02. The molecule has 4 nitrogen and oxygen atoms in total. The minimum absolute atomic E-state index is 0.0175. The van der Waals surface area contributed by atoms with Gasteiger partial charge in [-0.05, 0) is 36.5 Å².